The van der Waals surface area contributed by atoms with Crippen molar-refractivity contribution < 1.29 is 4.92 Å². The summed E-state index contributed by atoms with van der Waals surface area (Å²) < 4.78 is 1.79. The zero-order valence-corrected chi connectivity index (χ0v) is 11.0. The number of non-ortho nitro benzene ring substituents is 1. The first-order valence-electron chi connectivity index (χ1n) is 5.99. The highest BCUT2D eigenvalue weighted by atomic mass is 16.6. The predicted octanol–water partition coefficient (Wildman–Crippen LogP) is 1.93. The predicted molar refractivity (Wildman–Crippen MR) is 71.6 cm³/mol. The number of hydrogen-bond acceptors (Lipinski definition) is 4. The molecule has 0 saturated heterocycles. The molecule has 0 radical (unpaired) electrons. The molecule has 19 heavy (non-hydrogen) atoms. The van der Waals surface area contributed by atoms with E-state index in [1.54, 1.807) is 16.8 Å². The standard InChI is InChI=1S/C13H16N4O2/c1-10-12(9-16(2)15-10)8-14-7-11-3-5-13(6-4-11)17(18)19/h3-6,9,14H,7-8H2,1-2H3. The monoisotopic (exact) mass is 260 g/mol. The summed E-state index contributed by atoms with van der Waals surface area (Å²) in [6, 6.07) is 6.57. The lowest BCUT2D eigenvalue weighted by Crippen LogP contribution is -2.12. The summed E-state index contributed by atoms with van der Waals surface area (Å²) in [7, 11) is 1.90. The van der Waals surface area contributed by atoms with E-state index in [0.717, 1.165) is 23.4 Å². The molecule has 1 aromatic heterocycles. The first kappa shape index (κ1) is 13.2. The molecule has 0 unspecified atom stereocenters. The molecule has 0 aliphatic rings. The minimum Gasteiger partial charge on any atom is -0.308 e. The Balaban J connectivity index is 1.89. The highest BCUT2D eigenvalue weighted by Gasteiger charge is 2.05. The largest absolute Gasteiger partial charge is 0.308 e. The van der Waals surface area contributed by atoms with E-state index in [-0.39, 0.29) is 5.69 Å². The number of nitro benzene ring substituents is 1. The highest BCUT2D eigenvalue weighted by molar-refractivity contribution is 5.32. The summed E-state index contributed by atoms with van der Waals surface area (Å²) in [6.07, 6.45) is 1.98. The van der Waals surface area contributed by atoms with Gasteiger partial charge in [0, 0.05) is 44.0 Å². The van der Waals surface area contributed by atoms with E-state index in [1.165, 1.54) is 12.1 Å². The molecule has 100 valence electrons. The number of rotatable bonds is 5. The summed E-state index contributed by atoms with van der Waals surface area (Å²) in [4.78, 5) is 10.1. The topological polar surface area (TPSA) is 73.0 Å². The van der Waals surface area contributed by atoms with Crippen LogP contribution in [0.2, 0.25) is 0 Å². The van der Waals surface area contributed by atoms with E-state index in [1.807, 2.05) is 20.2 Å². The molecule has 0 aliphatic heterocycles. The number of aromatic nitrogens is 2. The van der Waals surface area contributed by atoms with Crippen LogP contribution in [-0.2, 0) is 20.1 Å². The van der Waals surface area contributed by atoms with Gasteiger partial charge in [0.1, 0.15) is 0 Å². The Bertz CT molecular complexity index is 575. The lowest BCUT2D eigenvalue weighted by atomic mass is 10.2. The molecule has 6 nitrogen and oxygen atoms in total. The molecular formula is C13H16N4O2. The van der Waals surface area contributed by atoms with Crippen molar-refractivity contribution >= 4 is 5.69 Å². The number of benzene rings is 1. The molecule has 0 spiro atoms. The fourth-order valence-electron chi connectivity index (χ4n) is 1.90. The van der Waals surface area contributed by atoms with Gasteiger partial charge in [0.15, 0.2) is 0 Å². The Kier molecular flexibility index (Phi) is 3.91. The fraction of sp³-hybridized carbons (Fsp3) is 0.308. The van der Waals surface area contributed by atoms with Crippen molar-refractivity contribution in [1.82, 2.24) is 15.1 Å². The second-order valence-electron chi connectivity index (χ2n) is 4.44. The van der Waals surface area contributed by atoms with E-state index in [0.29, 0.717) is 6.54 Å². The third-order valence-electron chi connectivity index (χ3n) is 2.91. The van der Waals surface area contributed by atoms with Crippen LogP contribution in [-0.4, -0.2) is 14.7 Å². The molecule has 2 aromatic rings. The highest BCUT2D eigenvalue weighted by Crippen LogP contribution is 2.12. The van der Waals surface area contributed by atoms with Crippen molar-refractivity contribution in [3.63, 3.8) is 0 Å². The zero-order chi connectivity index (χ0) is 13.8. The second kappa shape index (κ2) is 5.62. The molecule has 0 atom stereocenters. The maximum Gasteiger partial charge on any atom is 0.269 e. The Morgan fingerprint density at radius 2 is 2.00 bits per heavy atom. The van der Waals surface area contributed by atoms with E-state index in [4.69, 9.17) is 0 Å². The molecular weight excluding hydrogens is 244 g/mol. The van der Waals surface area contributed by atoms with Crippen molar-refractivity contribution in [2.24, 2.45) is 7.05 Å². The number of nitrogens with one attached hydrogen (secondary N) is 1. The zero-order valence-electron chi connectivity index (χ0n) is 11.0. The van der Waals surface area contributed by atoms with Crippen LogP contribution in [0.1, 0.15) is 16.8 Å². The van der Waals surface area contributed by atoms with Crippen LogP contribution in [0.5, 0.6) is 0 Å². The molecule has 1 N–H and O–H groups in total. The number of aryl methyl sites for hydroxylation is 2. The fourth-order valence-corrected chi connectivity index (χ4v) is 1.90. The molecule has 0 amide bonds. The van der Waals surface area contributed by atoms with Crippen LogP contribution < -0.4 is 5.32 Å². The Morgan fingerprint density at radius 1 is 1.32 bits per heavy atom. The molecule has 0 saturated carbocycles. The average Bonchev–Trinajstić information content (AvgIpc) is 2.68. The maximum absolute atomic E-state index is 10.5. The lowest BCUT2D eigenvalue weighted by molar-refractivity contribution is -0.384. The number of nitro groups is 1. The van der Waals surface area contributed by atoms with Gasteiger partial charge >= 0.3 is 0 Å². The summed E-state index contributed by atoms with van der Waals surface area (Å²) in [5.41, 5.74) is 3.31. The van der Waals surface area contributed by atoms with Gasteiger partial charge < -0.3 is 5.32 Å². The first-order chi connectivity index (χ1) is 9.06. The van der Waals surface area contributed by atoms with Gasteiger partial charge in [-0.25, -0.2) is 0 Å². The van der Waals surface area contributed by atoms with Crippen molar-refractivity contribution in [3.8, 4) is 0 Å². The Labute approximate surface area is 111 Å². The molecule has 0 bridgehead atoms. The third-order valence-corrected chi connectivity index (χ3v) is 2.91. The molecule has 0 fully saturated rings. The van der Waals surface area contributed by atoms with E-state index >= 15 is 0 Å². The smallest absolute Gasteiger partial charge is 0.269 e. The minimum absolute atomic E-state index is 0.117. The van der Waals surface area contributed by atoms with Crippen LogP contribution in [0.15, 0.2) is 30.5 Å². The summed E-state index contributed by atoms with van der Waals surface area (Å²) in [6.45, 7) is 3.38. The van der Waals surface area contributed by atoms with E-state index < -0.39 is 4.92 Å². The van der Waals surface area contributed by atoms with Gasteiger partial charge in [0.25, 0.3) is 5.69 Å². The Morgan fingerprint density at radius 3 is 2.53 bits per heavy atom. The number of hydrogen-bond donors (Lipinski definition) is 1. The van der Waals surface area contributed by atoms with Crippen molar-refractivity contribution in [1.29, 1.82) is 0 Å². The summed E-state index contributed by atoms with van der Waals surface area (Å²) in [5, 5.41) is 18.1. The summed E-state index contributed by atoms with van der Waals surface area (Å²) in [5.74, 6) is 0. The van der Waals surface area contributed by atoms with Gasteiger partial charge in [0.2, 0.25) is 0 Å². The first-order valence-corrected chi connectivity index (χ1v) is 5.99. The van der Waals surface area contributed by atoms with Gasteiger partial charge in [-0.2, -0.15) is 5.10 Å². The second-order valence-corrected chi connectivity index (χ2v) is 4.44. The van der Waals surface area contributed by atoms with Gasteiger partial charge in [-0.1, -0.05) is 12.1 Å². The molecule has 1 aromatic carbocycles. The molecule has 6 heteroatoms. The third kappa shape index (κ3) is 3.38. The van der Waals surface area contributed by atoms with E-state index in [9.17, 15) is 10.1 Å². The van der Waals surface area contributed by atoms with Crippen LogP contribution >= 0.6 is 0 Å². The number of nitrogens with zero attached hydrogens (tertiary/aromatic N) is 3. The van der Waals surface area contributed by atoms with Crippen LogP contribution in [0.3, 0.4) is 0 Å². The molecule has 0 aliphatic carbocycles. The van der Waals surface area contributed by atoms with Gasteiger partial charge in [-0.15, -0.1) is 0 Å². The quantitative estimate of drug-likeness (QED) is 0.658. The van der Waals surface area contributed by atoms with Gasteiger partial charge in [-0.05, 0) is 12.5 Å². The van der Waals surface area contributed by atoms with Crippen molar-refractivity contribution in [2.45, 2.75) is 20.0 Å². The van der Waals surface area contributed by atoms with E-state index in [2.05, 4.69) is 10.4 Å². The minimum atomic E-state index is -0.393. The summed E-state index contributed by atoms with van der Waals surface area (Å²) >= 11 is 0. The molecule has 1 heterocycles. The normalized spacial score (nSPS) is 10.6. The SMILES string of the molecule is Cc1nn(C)cc1CNCc1ccc([N+](=O)[O-])cc1. The van der Waals surface area contributed by atoms with Gasteiger partial charge in [0.05, 0.1) is 10.6 Å². The average molecular weight is 260 g/mol. The lowest BCUT2D eigenvalue weighted by Gasteiger charge is -2.04. The van der Waals surface area contributed by atoms with Crippen molar-refractivity contribution in [2.75, 3.05) is 0 Å². The molecule has 2 rings (SSSR count). The Hall–Kier alpha value is -2.21. The maximum atomic E-state index is 10.5. The van der Waals surface area contributed by atoms with Crippen LogP contribution in [0.4, 0.5) is 5.69 Å². The van der Waals surface area contributed by atoms with Gasteiger partial charge in [-0.3, -0.25) is 14.8 Å². The van der Waals surface area contributed by atoms with Crippen LogP contribution in [0.25, 0.3) is 0 Å². The van der Waals surface area contributed by atoms with Crippen LogP contribution in [0, 0.1) is 17.0 Å². The van der Waals surface area contributed by atoms with Crippen molar-refractivity contribution in [3.05, 3.63) is 57.4 Å².